The van der Waals surface area contributed by atoms with Crippen LogP contribution in [0.15, 0.2) is 16.6 Å². The lowest BCUT2D eigenvalue weighted by Crippen LogP contribution is -2.15. The third-order valence-corrected chi connectivity index (χ3v) is 2.73. The summed E-state index contributed by atoms with van der Waals surface area (Å²) in [7, 11) is 0. The molecule has 0 spiro atoms. The van der Waals surface area contributed by atoms with E-state index in [0.717, 1.165) is 25.0 Å². The number of rotatable bonds is 4. The molecule has 1 N–H and O–H groups in total. The Hall–Kier alpha value is -1.17. The first-order valence-electron chi connectivity index (χ1n) is 5.13. The average molecular weight is 308 g/mol. The first-order valence-corrected chi connectivity index (χ1v) is 5.92. The van der Waals surface area contributed by atoms with E-state index in [2.05, 4.69) is 21.2 Å². The maximum Gasteiger partial charge on any atom is 0.411 e. The molecule has 0 radical (unpaired) electrons. The minimum atomic E-state index is -0.863. The number of hydrogen-bond donors (Lipinski definition) is 1. The van der Waals surface area contributed by atoms with Gasteiger partial charge in [0.05, 0.1) is 16.8 Å². The van der Waals surface area contributed by atoms with E-state index in [-0.39, 0.29) is 16.8 Å². The topological polar surface area (TPSA) is 38.3 Å². The van der Waals surface area contributed by atoms with Crippen LogP contribution in [-0.4, -0.2) is 12.7 Å². The van der Waals surface area contributed by atoms with E-state index in [1.807, 2.05) is 6.92 Å². The van der Waals surface area contributed by atoms with Gasteiger partial charge in [-0.05, 0) is 34.5 Å². The van der Waals surface area contributed by atoms with Crippen LogP contribution in [0.1, 0.15) is 19.8 Å². The van der Waals surface area contributed by atoms with Gasteiger partial charge in [0.15, 0.2) is 5.82 Å². The highest BCUT2D eigenvalue weighted by Gasteiger charge is 2.13. The first-order chi connectivity index (χ1) is 8.06. The van der Waals surface area contributed by atoms with Gasteiger partial charge in [-0.3, -0.25) is 5.32 Å². The van der Waals surface area contributed by atoms with Crippen LogP contribution in [0, 0.1) is 11.6 Å². The summed E-state index contributed by atoms with van der Waals surface area (Å²) in [5, 5.41) is 2.20. The minimum absolute atomic E-state index is 0.125. The van der Waals surface area contributed by atoms with Crippen LogP contribution in [0.4, 0.5) is 19.3 Å². The molecule has 0 aliphatic heterocycles. The molecule has 0 fully saturated rings. The second kappa shape index (κ2) is 6.54. The zero-order chi connectivity index (χ0) is 12.8. The highest BCUT2D eigenvalue weighted by Crippen LogP contribution is 2.25. The normalized spacial score (nSPS) is 10.1. The number of amides is 1. The number of nitrogens with one attached hydrogen (secondary N) is 1. The fourth-order valence-electron chi connectivity index (χ4n) is 1.08. The lowest BCUT2D eigenvalue weighted by Gasteiger charge is -2.08. The summed E-state index contributed by atoms with van der Waals surface area (Å²) < 4.78 is 30.8. The van der Waals surface area contributed by atoms with E-state index < -0.39 is 17.7 Å². The van der Waals surface area contributed by atoms with Crippen LogP contribution in [0.5, 0.6) is 0 Å². The van der Waals surface area contributed by atoms with Crippen molar-refractivity contribution in [1.29, 1.82) is 0 Å². The van der Waals surface area contributed by atoms with Crippen molar-refractivity contribution in [2.45, 2.75) is 19.8 Å². The van der Waals surface area contributed by atoms with Crippen LogP contribution in [0.25, 0.3) is 0 Å². The highest BCUT2D eigenvalue weighted by molar-refractivity contribution is 9.10. The van der Waals surface area contributed by atoms with Crippen molar-refractivity contribution in [3.05, 3.63) is 28.2 Å². The summed E-state index contributed by atoms with van der Waals surface area (Å²) >= 11 is 2.74. The van der Waals surface area contributed by atoms with E-state index in [4.69, 9.17) is 4.74 Å². The van der Waals surface area contributed by atoms with Gasteiger partial charge in [-0.25, -0.2) is 13.6 Å². The third-order valence-electron chi connectivity index (χ3n) is 2.00. The monoisotopic (exact) mass is 307 g/mol. The molecule has 0 saturated heterocycles. The van der Waals surface area contributed by atoms with Crippen molar-refractivity contribution in [3.8, 4) is 0 Å². The Kier molecular flexibility index (Phi) is 5.34. The van der Waals surface area contributed by atoms with Crippen molar-refractivity contribution < 1.29 is 18.3 Å². The number of ether oxygens (including phenoxy) is 1. The molecule has 0 aliphatic rings. The predicted octanol–water partition coefficient (Wildman–Crippen LogP) is 4.08. The van der Waals surface area contributed by atoms with Crippen LogP contribution in [0.2, 0.25) is 0 Å². The molecule has 0 unspecified atom stereocenters. The van der Waals surface area contributed by atoms with Crippen LogP contribution >= 0.6 is 15.9 Å². The fourth-order valence-corrected chi connectivity index (χ4v) is 1.42. The van der Waals surface area contributed by atoms with Crippen LogP contribution in [-0.2, 0) is 4.74 Å². The third kappa shape index (κ3) is 3.96. The second-order valence-corrected chi connectivity index (χ2v) is 4.13. The molecule has 6 heteroatoms. The molecule has 17 heavy (non-hydrogen) atoms. The van der Waals surface area contributed by atoms with Crippen molar-refractivity contribution in [3.63, 3.8) is 0 Å². The van der Waals surface area contributed by atoms with Gasteiger partial charge < -0.3 is 4.74 Å². The number of carbonyl (C=O) groups excluding carboxylic acids is 1. The maximum absolute atomic E-state index is 13.5. The van der Waals surface area contributed by atoms with Gasteiger partial charge in [-0.15, -0.1) is 0 Å². The number of unbranched alkanes of at least 4 members (excludes halogenated alkanes) is 1. The number of carbonyl (C=O) groups is 1. The Bertz CT molecular complexity index is 413. The van der Waals surface area contributed by atoms with Gasteiger partial charge in [-0.2, -0.15) is 0 Å². The first kappa shape index (κ1) is 13.9. The summed E-state index contributed by atoms with van der Waals surface area (Å²) in [5.41, 5.74) is -0.125. The molecular formula is C11H12BrF2NO2. The van der Waals surface area contributed by atoms with Gasteiger partial charge in [0.25, 0.3) is 0 Å². The van der Waals surface area contributed by atoms with Gasteiger partial charge >= 0.3 is 6.09 Å². The van der Waals surface area contributed by atoms with Crippen LogP contribution < -0.4 is 5.32 Å². The number of halogens is 3. The number of anilines is 1. The SMILES string of the molecule is CCCCOC(=O)Nc1ccc(F)c(Br)c1F. The molecule has 1 amide bonds. The molecule has 0 atom stereocenters. The predicted molar refractivity (Wildman–Crippen MR) is 63.9 cm³/mol. The fraction of sp³-hybridized carbons (Fsp3) is 0.364. The summed E-state index contributed by atoms with van der Waals surface area (Å²) in [6.45, 7) is 2.23. The van der Waals surface area contributed by atoms with E-state index >= 15 is 0 Å². The minimum Gasteiger partial charge on any atom is -0.449 e. The molecule has 1 rings (SSSR count). The lowest BCUT2D eigenvalue weighted by atomic mass is 10.3. The Morgan fingerprint density at radius 3 is 2.82 bits per heavy atom. The van der Waals surface area contributed by atoms with Crippen molar-refractivity contribution in [1.82, 2.24) is 0 Å². The smallest absolute Gasteiger partial charge is 0.411 e. The van der Waals surface area contributed by atoms with Gasteiger partial charge in [-0.1, -0.05) is 13.3 Å². The lowest BCUT2D eigenvalue weighted by molar-refractivity contribution is 0.159. The van der Waals surface area contributed by atoms with E-state index in [1.165, 1.54) is 0 Å². The molecule has 94 valence electrons. The highest BCUT2D eigenvalue weighted by atomic mass is 79.9. The Morgan fingerprint density at radius 1 is 1.47 bits per heavy atom. The van der Waals surface area contributed by atoms with E-state index in [1.54, 1.807) is 0 Å². The Morgan fingerprint density at radius 2 is 2.18 bits per heavy atom. The maximum atomic E-state index is 13.5. The molecule has 0 aromatic heterocycles. The van der Waals surface area contributed by atoms with Crippen LogP contribution in [0.3, 0.4) is 0 Å². The zero-order valence-corrected chi connectivity index (χ0v) is 10.8. The molecular weight excluding hydrogens is 296 g/mol. The second-order valence-electron chi connectivity index (χ2n) is 3.34. The van der Waals surface area contributed by atoms with Gasteiger partial charge in [0.2, 0.25) is 0 Å². The van der Waals surface area contributed by atoms with Crippen molar-refractivity contribution >= 4 is 27.7 Å². The zero-order valence-electron chi connectivity index (χ0n) is 9.23. The summed E-state index contributed by atoms with van der Waals surface area (Å²) in [4.78, 5) is 11.2. The standard InChI is InChI=1S/C11H12BrF2NO2/c1-2-3-6-17-11(16)15-8-5-4-7(13)9(12)10(8)14/h4-5H,2-3,6H2,1H3,(H,15,16). The van der Waals surface area contributed by atoms with Gasteiger partial charge in [0.1, 0.15) is 5.82 Å². The molecule has 1 aromatic rings. The number of hydrogen-bond acceptors (Lipinski definition) is 2. The van der Waals surface area contributed by atoms with Crippen molar-refractivity contribution in [2.24, 2.45) is 0 Å². The molecule has 0 heterocycles. The average Bonchev–Trinajstić information content (AvgIpc) is 2.30. The van der Waals surface area contributed by atoms with E-state index in [0.29, 0.717) is 0 Å². The van der Waals surface area contributed by atoms with Crippen molar-refractivity contribution in [2.75, 3.05) is 11.9 Å². The number of benzene rings is 1. The Balaban J connectivity index is 2.63. The molecule has 0 aliphatic carbocycles. The molecule has 0 bridgehead atoms. The summed E-state index contributed by atoms with van der Waals surface area (Å²) in [6, 6.07) is 2.19. The largest absolute Gasteiger partial charge is 0.449 e. The molecule has 0 saturated carbocycles. The summed E-state index contributed by atoms with van der Waals surface area (Å²) in [6.07, 6.45) is 0.878. The summed E-state index contributed by atoms with van der Waals surface area (Å²) in [5.74, 6) is -1.59. The molecule has 3 nitrogen and oxygen atoms in total. The van der Waals surface area contributed by atoms with E-state index in [9.17, 15) is 13.6 Å². The quantitative estimate of drug-likeness (QED) is 0.672. The van der Waals surface area contributed by atoms with Gasteiger partial charge in [0, 0.05) is 0 Å². The Labute approximate surface area is 106 Å². The molecule has 1 aromatic carbocycles.